The number of rotatable bonds is 7. The standard InChI is InChI=1S/C13H26N2O2/c1-3-11(2)15-10-13(16)14-8-7-12-6-4-5-9-17-12/h11-12,15H,3-10H2,1-2H3,(H,14,16). The minimum Gasteiger partial charge on any atom is -0.378 e. The molecule has 0 aromatic heterocycles. The molecule has 0 aromatic rings. The van der Waals surface area contributed by atoms with E-state index in [0.717, 1.165) is 32.4 Å². The van der Waals surface area contributed by atoms with Gasteiger partial charge in [0.15, 0.2) is 0 Å². The van der Waals surface area contributed by atoms with Crippen LogP contribution in [0.1, 0.15) is 46.0 Å². The van der Waals surface area contributed by atoms with Crippen molar-refractivity contribution in [2.24, 2.45) is 0 Å². The van der Waals surface area contributed by atoms with E-state index in [1.54, 1.807) is 0 Å². The zero-order chi connectivity index (χ0) is 12.5. The van der Waals surface area contributed by atoms with Gasteiger partial charge < -0.3 is 15.4 Å². The van der Waals surface area contributed by atoms with E-state index in [4.69, 9.17) is 4.74 Å². The molecule has 1 rings (SSSR count). The molecule has 0 bridgehead atoms. The highest BCUT2D eigenvalue weighted by atomic mass is 16.5. The normalized spacial score (nSPS) is 22.1. The van der Waals surface area contributed by atoms with E-state index in [9.17, 15) is 4.79 Å². The third-order valence-corrected chi connectivity index (χ3v) is 3.29. The summed E-state index contributed by atoms with van der Waals surface area (Å²) in [4.78, 5) is 11.5. The lowest BCUT2D eigenvalue weighted by Gasteiger charge is -2.22. The molecule has 4 heteroatoms. The highest BCUT2D eigenvalue weighted by molar-refractivity contribution is 5.77. The summed E-state index contributed by atoms with van der Waals surface area (Å²) >= 11 is 0. The molecule has 1 aliphatic rings. The van der Waals surface area contributed by atoms with Gasteiger partial charge >= 0.3 is 0 Å². The zero-order valence-electron chi connectivity index (χ0n) is 11.1. The maximum atomic E-state index is 11.5. The van der Waals surface area contributed by atoms with Gasteiger partial charge in [0, 0.05) is 19.2 Å². The maximum Gasteiger partial charge on any atom is 0.233 e. The second kappa shape index (κ2) is 8.48. The highest BCUT2D eigenvalue weighted by Crippen LogP contribution is 2.14. The molecule has 4 nitrogen and oxygen atoms in total. The Labute approximate surface area is 104 Å². The topological polar surface area (TPSA) is 50.4 Å². The van der Waals surface area contributed by atoms with Gasteiger partial charge in [-0.15, -0.1) is 0 Å². The molecule has 0 aliphatic carbocycles. The van der Waals surface area contributed by atoms with E-state index in [0.29, 0.717) is 18.7 Å². The molecule has 1 heterocycles. The minimum absolute atomic E-state index is 0.0844. The Morgan fingerprint density at radius 1 is 1.47 bits per heavy atom. The fourth-order valence-corrected chi connectivity index (χ4v) is 1.88. The molecular formula is C13H26N2O2. The first-order chi connectivity index (χ1) is 8.22. The predicted octanol–water partition coefficient (Wildman–Crippen LogP) is 1.45. The molecule has 2 atom stereocenters. The summed E-state index contributed by atoms with van der Waals surface area (Å²) in [7, 11) is 0. The van der Waals surface area contributed by atoms with Crippen LogP contribution in [0.15, 0.2) is 0 Å². The Morgan fingerprint density at radius 3 is 2.94 bits per heavy atom. The van der Waals surface area contributed by atoms with Crippen LogP contribution in [0.2, 0.25) is 0 Å². The van der Waals surface area contributed by atoms with E-state index in [-0.39, 0.29) is 5.91 Å². The van der Waals surface area contributed by atoms with E-state index < -0.39 is 0 Å². The van der Waals surface area contributed by atoms with Crippen LogP contribution < -0.4 is 10.6 Å². The summed E-state index contributed by atoms with van der Waals surface area (Å²) in [5, 5.41) is 6.11. The van der Waals surface area contributed by atoms with Gasteiger partial charge in [0.05, 0.1) is 12.6 Å². The van der Waals surface area contributed by atoms with Crippen molar-refractivity contribution in [2.75, 3.05) is 19.7 Å². The van der Waals surface area contributed by atoms with Crippen molar-refractivity contribution in [1.29, 1.82) is 0 Å². The van der Waals surface area contributed by atoms with Crippen molar-refractivity contribution in [2.45, 2.75) is 58.1 Å². The third-order valence-electron chi connectivity index (χ3n) is 3.29. The van der Waals surface area contributed by atoms with Gasteiger partial charge in [-0.05, 0) is 39.0 Å². The quantitative estimate of drug-likeness (QED) is 0.710. The van der Waals surface area contributed by atoms with Crippen LogP contribution >= 0.6 is 0 Å². The van der Waals surface area contributed by atoms with Crippen LogP contribution in [0, 0.1) is 0 Å². The molecule has 0 spiro atoms. The molecule has 1 amide bonds. The smallest absolute Gasteiger partial charge is 0.233 e. The largest absolute Gasteiger partial charge is 0.378 e. The fraction of sp³-hybridized carbons (Fsp3) is 0.923. The van der Waals surface area contributed by atoms with Crippen LogP contribution in [0.3, 0.4) is 0 Å². The first-order valence-corrected chi connectivity index (χ1v) is 6.84. The monoisotopic (exact) mass is 242 g/mol. The molecule has 17 heavy (non-hydrogen) atoms. The Bertz CT molecular complexity index is 215. The van der Waals surface area contributed by atoms with Gasteiger partial charge in [0.25, 0.3) is 0 Å². The summed E-state index contributed by atoms with van der Waals surface area (Å²) in [6, 6.07) is 0.405. The molecule has 0 saturated carbocycles. The van der Waals surface area contributed by atoms with Crippen molar-refractivity contribution in [3.05, 3.63) is 0 Å². The van der Waals surface area contributed by atoms with Crippen molar-refractivity contribution < 1.29 is 9.53 Å². The van der Waals surface area contributed by atoms with Crippen LogP contribution in [-0.2, 0) is 9.53 Å². The van der Waals surface area contributed by atoms with E-state index in [1.807, 2.05) is 0 Å². The molecule has 1 fully saturated rings. The van der Waals surface area contributed by atoms with E-state index >= 15 is 0 Å². The van der Waals surface area contributed by atoms with Gasteiger partial charge in [0.2, 0.25) is 5.91 Å². The third kappa shape index (κ3) is 6.64. The van der Waals surface area contributed by atoms with Crippen molar-refractivity contribution >= 4 is 5.91 Å². The summed E-state index contributed by atoms with van der Waals surface area (Å²) in [5.74, 6) is 0.0844. The van der Waals surface area contributed by atoms with Gasteiger partial charge in [-0.3, -0.25) is 4.79 Å². The average Bonchev–Trinajstić information content (AvgIpc) is 2.37. The Balaban J connectivity index is 1.99. The highest BCUT2D eigenvalue weighted by Gasteiger charge is 2.13. The number of hydrogen-bond donors (Lipinski definition) is 2. The molecule has 100 valence electrons. The van der Waals surface area contributed by atoms with Crippen molar-refractivity contribution in [3.8, 4) is 0 Å². The molecule has 2 N–H and O–H groups in total. The van der Waals surface area contributed by atoms with Crippen molar-refractivity contribution in [3.63, 3.8) is 0 Å². The number of hydrogen-bond acceptors (Lipinski definition) is 3. The lowest BCUT2D eigenvalue weighted by molar-refractivity contribution is -0.120. The van der Waals surface area contributed by atoms with Gasteiger partial charge in [-0.25, -0.2) is 0 Å². The molecule has 0 radical (unpaired) electrons. The number of ether oxygens (including phenoxy) is 1. The molecule has 2 unspecified atom stereocenters. The number of carbonyl (C=O) groups excluding carboxylic acids is 1. The summed E-state index contributed by atoms with van der Waals surface area (Å²) in [6.45, 7) is 6.22. The summed E-state index contributed by atoms with van der Waals surface area (Å²) < 4.78 is 5.61. The van der Waals surface area contributed by atoms with Gasteiger partial charge in [-0.1, -0.05) is 6.92 Å². The lowest BCUT2D eigenvalue weighted by Crippen LogP contribution is -2.39. The van der Waals surface area contributed by atoms with Crippen LogP contribution in [0.5, 0.6) is 0 Å². The predicted molar refractivity (Wildman–Crippen MR) is 69.0 cm³/mol. The van der Waals surface area contributed by atoms with Gasteiger partial charge in [0.1, 0.15) is 0 Å². The van der Waals surface area contributed by atoms with Crippen LogP contribution in [0.4, 0.5) is 0 Å². The average molecular weight is 242 g/mol. The molecular weight excluding hydrogens is 216 g/mol. The van der Waals surface area contributed by atoms with Crippen LogP contribution in [-0.4, -0.2) is 37.7 Å². The first-order valence-electron chi connectivity index (χ1n) is 6.84. The second-order valence-corrected chi connectivity index (χ2v) is 4.82. The summed E-state index contributed by atoms with van der Waals surface area (Å²) in [6.07, 6.45) is 5.92. The zero-order valence-corrected chi connectivity index (χ0v) is 11.1. The van der Waals surface area contributed by atoms with E-state index in [1.165, 1.54) is 12.8 Å². The Hall–Kier alpha value is -0.610. The Morgan fingerprint density at radius 2 is 2.29 bits per heavy atom. The van der Waals surface area contributed by atoms with Gasteiger partial charge in [-0.2, -0.15) is 0 Å². The number of carbonyl (C=O) groups is 1. The Kier molecular flexibility index (Phi) is 7.21. The van der Waals surface area contributed by atoms with E-state index in [2.05, 4.69) is 24.5 Å². The maximum absolute atomic E-state index is 11.5. The lowest BCUT2D eigenvalue weighted by atomic mass is 10.1. The van der Waals surface area contributed by atoms with Crippen molar-refractivity contribution in [1.82, 2.24) is 10.6 Å². The molecule has 1 saturated heterocycles. The minimum atomic E-state index is 0.0844. The van der Waals surface area contributed by atoms with Crippen LogP contribution in [0.25, 0.3) is 0 Å². The second-order valence-electron chi connectivity index (χ2n) is 4.82. The first kappa shape index (κ1) is 14.5. The summed E-state index contributed by atoms with van der Waals surface area (Å²) in [5.41, 5.74) is 0. The molecule has 0 aromatic carbocycles. The SMILES string of the molecule is CCC(C)NCC(=O)NCCC1CCCCO1. The molecule has 1 aliphatic heterocycles. The number of nitrogens with one attached hydrogen (secondary N) is 2. The fourth-order valence-electron chi connectivity index (χ4n) is 1.88. The number of amides is 1.